The third-order valence-corrected chi connectivity index (χ3v) is 0. The smallest absolute Gasteiger partial charge is 0.303 e. The molecule has 0 aliphatic rings. The van der Waals surface area contributed by atoms with Crippen molar-refractivity contribution in [3.63, 3.8) is 0 Å². The van der Waals surface area contributed by atoms with Crippen LogP contribution in [-0.4, -0.2) is 14.7 Å². The maximum absolute atomic E-state index is 8.88. The van der Waals surface area contributed by atoms with Gasteiger partial charge in [0.05, 0.1) is 0 Å². The average Bonchev–Trinajstić information content (AvgIpc) is 0.722. The van der Waals surface area contributed by atoms with E-state index in [2.05, 4.69) is 0 Å². The summed E-state index contributed by atoms with van der Waals surface area (Å²) in [5.41, 5.74) is 0. The Morgan fingerprint density at radius 2 is 1.17 bits per heavy atom. The molecule has 6 heteroatoms. The molecule has 0 amide bonds. The van der Waals surface area contributed by atoms with Gasteiger partial charge in [-0.15, -0.1) is 0 Å². The van der Waals surface area contributed by atoms with Gasteiger partial charge in [0.1, 0.15) is 0 Å². The summed E-state index contributed by atoms with van der Waals surface area (Å²) >= 11 is 0. The molecule has 0 rings (SSSR count). The molecule has 0 aromatic heterocycles. The van der Waals surface area contributed by atoms with Crippen LogP contribution in [-0.2, 0) is 30.4 Å². The van der Waals surface area contributed by atoms with Crippen molar-refractivity contribution < 1.29 is 45.1 Å². The van der Waals surface area contributed by atoms with Crippen LogP contribution >= 0.6 is 7.82 Å². The van der Waals surface area contributed by atoms with E-state index in [9.17, 15) is 0 Å². The van der Waals surface area contributed by atoms with Crippen LogP contribution in [0.2, 0.25) is 0 Å². The summed E-state index contributed by atoms with van der Waals surface area (Å²) < 4.78 is 8.88. The summed E-state index contributed by atoms with van der Waals surface area (Å²) in [4.78, 5) is 21.6. The molecule has 36 valence electrons. The first kappa shape index (κ1) is 10.1. The fourth-order valence-corrected chi connectivity index (χ4v) is 0. The van der Waals surface area contributed by atoms with Crippen molar-refractivity contribution in [1.82, 2.24) is 0 Å². The van der Waals surface area contributed by atoms with Crippen LogP contribution in [0.25, 0.3) is 0 Å². The first-order valence-electron chi connectivity index (χ1n) is 0.783. The van der Waals surface area contributed by atoms with Gasteiger partial charge in [-0.25, -0.2) is 4.57 Å². The molecule has 0 fully saturated rings. The third-order valence-electron chi connectivity index (χ3n) is 0. The van der Waals surface area contributed by atoms with E-state index < -0.39 is 7.82 Å². The molecule has 6 heavy (non-hydrogen) atoms. The first-order valence-corrected chi connectivity index (χ1v) is 2.35. The Hall–Kier alpha value is 0.980. The summed E-state index contributed by atoms with van der Waals surface area (Å²) in [5, 5.41) is 0. The molecule has 0 atom stereocenters. The number of hydrogen-bond donors (Lipinski definition) is 3. The van der Waals surface area contributed by atoms with Gasteiger partial charge in [-0.05, 0) is 0 Å². The minimum absolute atomic E-state index is 0. The van der Waals surface area contributed by atoms with E-state index in [0.717, 1.165) is 0 Å². The molecule has 0 bridgehead atoms. The third kappa shape index (κ3) is 82.1. The molecular weight excluding hydrogens is 273 g/mol. The molecule has 4 nitrogen and oxygen atoms in total. The molecule has 0 aromatic rings. The van der Waals surface area contributed by atoms with Gasteiger partial charge in [-0.3, -0.25) is 0 Å². The van der Waals surface area contributed by atoms with Crippen molar-refractivity contribution in [2.75, 3.05) is 0 Å². The summed E-state index contributed by atoms with van der Waals surface area (Å²) in [6.45, 7) is 0. The van der Waals surface area contributed by atoms with E-state index in [1.165, 1.54) is 0 Å². The maximum atomic E-state index is 8.88. The van der Waals surface area contributed by atoms with Crippen LogP contribution < -0.4 is 0 Å². The monoisotopic (exact) mass is 278 g/mol. The second-order valence-corrected chi connectivity index (χ2v) is 1.54. The van der Waals surface area contributed by atoms with Gasteiger partial charge in [-0.2, -0.15) is 0 Å². The minimum atomic E-state index is -4.64. The summed E-state index contributed by atoms with van der Waals surface area (Å²) in [6, 6.07) is 0. The van der Waals surface area contributed by atoms with Gasteiger partial charge in [0.25, 0.3) is 0 Å². The van der Waals surface area contributed by atoms with E-state index >= 15 is 0 Å². The number of hydrogen-bond acceptors (Lipinski definition) is 1. The van der Waals surface area contributed by atoms with E-state index in [0.29, 0.717) is 0 Å². The minimum Gasteiger partial charge on any atom is -0.303 e. The summed E-state index contributed by atoms with van der Waals surface area (Å²) in [7, 11) is -4.64. The van der Waals surface area contributed by atoms with Gasteiger partial charge in [0, 0.05) is 25.8 Å². The van der Waals surface area contributed by atoms with Gasteiger partial charge >= 0.3 is 7.82 Å². The summed E-state index contributed by atoms with van der Waals surface area (Å²) in [6.07, 6.45) is 0. The van der Waals surface area contributed by atoms with E-state index in [1.807, 2.05) is 0 Å². The van der Waals surface area contributed by atoms with Crippen molar-refractivity contribution in [2.45, 2.75) is 0 Å². The average molecular weight is 276 g/mol. The fourth-order valence-electron chi connectivity index (χ4n) is 0. The molecule has 0 aromatic carbocycles. The molecular formula is H3HfO4P. The van der Waals surface area contributed by atoms with Crippen LogP contribution in [0.15, 0.2) is 0 Å². The predicted molar refractivity (Wildman–Crippen MR) is 14.3 cm³/mol. The Balaban J connectivity index is 0. The van der Waals surface area contributed by atoms with E-state index in [1.54, 1.807) is 0 Å². The zero-order valence-electron chi connectivity index (χ0n) is 2.70. The van der Waals surface area contributed by atoms with Crippen LogP contribution in [0.3, 0.4) is 0 Å². The zero-order valence-corrected chi connectivity index (χ0v) is 7.18. The van der Waals surface area contributed by atoms with Gasteiger partial charge in [0.2, 0.25) is 0 Å². The molecule has 0 saturated heterocycles. The van der Waals surface area contributed by atoms with Crippen molar-refractivity contribution >= 4 is 7.82 Å². The van der Waals surface area contributed by atoms with Crippen LogP contribution in [0.1, 0.15) is 0 Å². The fraction of sp³-hybridized carbons (Fsp3) is 0. The van der Waals surface area contributed by atoms with E-state index in [4.69, 9.17) is 19.2 Å². The summed E-state index contributed by atoms with van der Waals surface area (Å²) in [5.74, 6) is 0. The molecule has 0 aliphatic heterocycles. The van der Waals surface area contributed by atoms with E-state index in [-0.39, 0.29) is 25.8 Å². The molecule has 0 radical (unpaired) electrons. The van der Waals surface area contributed by atoms with Gasteiger partial charge in [0.15, 0.2) is 0 Å². The first-order chi connectivity index (χ1) is 2.00. The van der Waals surface area contributed by atoms with Gasteiger partial charge in [-0.1, -0.05) is 0 Å². The largest absolute Gasteiger partial charge is 0.466 e. The van der Waals surface area contributed by atoms with Crippen molar-refractivity contribution in [3.05, 3.63) is 0 Å². The van der Waals surface area contributed by atoms with Crippen molar-refractivity contribution in [3.8, 4) is 0 Å². The van der Waals surface area contributed by atoms with Crippen LogP contribution in [0.5, 0.6) is 0 Å². The Morgan fingerprint density at radius 1 is 1.17 bits per heavy atom. The second kappa shape index (κ2) is 3.04. The number of rotatable bonds is 0. The van der Waals surface area contributed by atoms with Crippen molar-refractivity contribution in [2.24, 2.45) is 0 Å². The Morgan fingerprint density at radius 3 is 1.17 bits per heavy atom. The molecule has 0 aliphatic carbocycles. The Labute approximate surface area is 53.2 Å². The Bertz CT molecular complexity index is 53.7. The SMILES string of the molecule is O=P(O)(O)O.[Hf]. The second-order valence-electron chi connectivity index (χ2n) is 0.513. The molecule has 0 heterocycles. The maximum Gasteiger partial charge on any atom is 0.466 e. The molecule has 3 N–H and O–H groups in total. The van der Waals surface area contributed by atoms with Crippen LogP contribution in [0, 0.1) is 0 Å². The van der Waals surface area contributed by atoms with Crippen molar-refractivity contribution in [1.29, 1.82) is 0 Å². The topological polar surface area (TPSA) is 77.8 Å². The Kier molecular flexibility index (Phi) is 5.11. The predicted octanol–water partition coefficient (Wildman–Crippen LogP) is -0.931. The molecule has 0 saturated carbocycles. The van der Waals surface area contributed by atoms with Crippen LogP contribution in [0.4, 0.5) is 0 Å². The van der Waals surface area contributed by atoms with Gasteiger partial charge < -0.3 is 14.7 Å². The standard InChI is InChI=1S/Hf.H3O4P/c;1-5(2,3)4/h;(H3,1,2,3,4). The normalized spacial score (nSPS) is 9.83. The quantitative estimate of drug-likeness (QED) is 0.395. The number of phosphoric acid groups is 1. The molecule has 0 spiro atoms. The molecule has 0 unspecified atom stereocenters. The zero-order chi connectivity index (χ0) is 4.50.